The van der Waals surface area contributed by atoms with E-state index in [4.69, 9.17) is 16.4 Å². The third-order valence-corrected chi connectivity index (χ3v) is 4.55. The van der Waals surface area contributed by atoms with Crippen molar-refractivity contribution in [3.05, 3.63) is 33.3 Å². The average Bonchev–Trinajstić information content (AvgIpc) is 2.82. The normalized spacial score (nSPS) is 16.9. The molecule has 1 heterocycles. The average molecular weight is 293 g/mol. The van der Waals surface area contributed by atoms with Gasteiger partial charge in [-0.3, -0.25) is 15.0 Å². The summed E-state index contributed by atoms with van der Waals surface area (Å²) in [5, 5.41) is 10.3. The minimum Gasteiger partial charge on any atom is -0.284 e. The molecule has 0 aromatic heterocycles. The molecule has 18 heavy (non-hydrogen) atoms. The summed E-state index contributed by atoms with van der Waals surface area (Å²) in [6.07, 6.45) is 0.601. The number of nitro groups is 1. The van der Waals surface area contributed by atoms with Crippen molar-refractivity contribution in [3.63, 3.8) is 0 Å². The van der Waals surface area contributed by atoms with Gasteiger partial charge in [-0.25, -0.2) is 8.42 Å². The van der Waals surface area contributed by atoms with E-state index >= 15 is 0 Å². The number of nitrogens with zero attached hydrogens (tertiary/aromatic N) is 2. The van der Waals surface area contributed by atoms with Crippen LogP contribution >= 0.6 is 11.6 Å². The van der Waals surface area contributed by atoms with Gasteiger partial charge in [0.15, 0.2) is 0 Å². The predicted octanol–water partition coefficient (Wildman–Crippen LogP) is 1.57. The van der Waals surface area contributed by atoms with E-state index in [1.807, 2.05) is 0 Å². The summed E-state index contributed by atoms with van der Waals surface area (Å²) < 4.78 is 25.0. The molecule has 0 radical (unpaired) electrons. The van der Waals surface area contributed by atoms with Crippen LogP contribution in [0.25, 0.3) is 0 Å². The molecule has 0 amide bonds. The van der Waals surface area contributed by atoms with Gasteiger partial charge in [-0.15, -0.1) is 0 Å². The Balaban J connectivity index is 2.42. The number of nitro benzene ring substituents is 1. The van der Waals surface area contributed by atoms with Gasteiger partial charge in [0, 0.05) is 18.7 Å². The van der Waals surface area contributed by atoms with Crippen molar-refractivity contribution < 1.29 is 18.2 Å². The summed E-state index contributed by atoms with van der Waals surface area (Å²) >= 11 is 5.77. The highest BCUT2D eigenvalue weighted by molar-refractivity contribution is 7.89. The number of sulfonamides is 1. The van der Waals surface area contributed by atoms with Crippen molar-refractivity contribution in [2.24, 2.45) is 0 Å². The molecule has 7 nitrogen and oxygen atoms in total. The molecule has 9 heteroatoms. The van der Waals surface area contributed by atoms with E-state index in [1.54, 1.807) is 0 Å². The Kier molecular flexibility index (Phi) is 3.53. The van der Waals surface area contributed by atoms with Gasteiger partial charge in [-0.05, 0) is 12.5 Å². The Morgan fingerprint density at radius 2 is 2.17 bits per heavy atom. The lowest BCUT2D eigenvalue weighted by molar-refractivity contribution is -0.384. The molecule has 0 bridgehead atoms. The van der Waals surface area contributed by atoms with E-state index in [1.165, 1.54) is 0 Å². The lowest BCUT2D eigenvalue weighted by Crippen LogP contribution is -2.27. The Morgan fingerprint density at radius 1 is 1.44 bits per heavy atom. The molecule has 0 unspecified atom stereocenters. The molecule has 1 saturated heterocycles. The van der Waals surface area contributed by atoms with E-state index in [0.717, 1.165) is 22.7 Å². The summed E-state index contributed by atoms with van der Waals surface area (Å²) in [6.45, 7) is 0.569. The third-order valence-electron chi connectivity index (χ3n) is 2.39. The Morgan fingerprint density at radius 3 is 2.67 bits per heavy atom. The quantitative estimate of drug-likeness (QED) is 0.623. The van der Waals surface area contributed by atoms with Crippen molar-refractivity contribution in [2.75, 3.05) is 13.2 Å². The maximum atomic E-state index is 12.1. The monoisotopic (exact) mass is 292 g/mol. The van der Waals surface area contributed by atoms with E-state index < -0.39 is 14.9 Å². The number of hydrogen-bond acceptors (Lipinski definition) is 5. The predicted molar refractivity (Wildman–Crippen MR) is 62.6 cm³/mol. The van der Waals surface area contributed by atoms with Gasteiger partial charge in [-0.2, -0.15) is 0 Å². The van der Waals surface area contributed by atoms with Crippen LogP contribution in [0.2, 0.25) is 5.02 Å². The second-order valence-corrected chi connectivity index (χ2v) is 5.79. The minimum absolute atomic E-state index is 0.195. The van der Waals surface area contributed by atoms with Crippen molar-refractivity contribution in [3.8, 4) is 0 Å². The molecule has 0 spiro atoms. The Hall–Kier alpha value is -1.22. The first-order valence-electron chi connectivity index (χ1n) is 5.02. The molecule has 1 aromatic carbocycles. The number of non-ortho nitro benzene ring substituents is 1. The van der Waals surface area contributed by atoms with Gasteiger partial charge in [0.1, 0.15) is 4.90 Å². The SMILES string of the molecule is O=[N+]([O-])c1ccc(S(=O)(=O)N2CCCO2)c(Cl)c1. The second-order valence-electron chi connectivity index (χ2n) is 3.59. The zero-order valence-electron chi connectivity index (χ0n) is 9.08. The van der Waals surface area contributed by atoms with Gasteiger partial charge >= 0.3 is 0 Å². The third kappa shape index (κ3) is 2.32. The zero-order valence-corrected chi connectivity index (χ0v) is 10.6. The van der Waals surface area contributed by atoms with Crippen LogP contribution in [0.15, 0.2) is 23.1 Å². The second kappa shape index (κ2) is 4.81. The summed E-state index contributed by atoms with van der Waals surface area (Å²) in [7, 11) is -3.86. The summed E-state index contributed by atoms with van der Waals surface area (Å²) in [6, 6.07) is 3.21. The van der Waals surface area contributed by atoms with Gasteiger partial charge in [0.2, 0.25) is 0 Å². The lowest BCUT2D eigenvalue weighted by atomic mass is 10.3. The minimum atomic E-state index is -3.86. The Labute approximate surface area is 108 Å². The number of hydroxylamine groups is 1. The number of rotatable bonds is 3. The fourth-order valence-electron chi connectivity index (χ4n) is 1.54. The van der Waals surface area contributed by atoms with E-state index in [-0.39, 0.29) is 22.2 Å². The molecular weight excluding hydrogens is 284 g/mol. The molecule has 0 saturated carbocycles. The Bertz CT molecular complexity index is 583. The van der Waals surface area contributed by atoms with Crippen LogP contribution in [-0.2, 0) is 14.9 Å². The lowest BCUT2D eigenvalue weighted by Gasteiger charge is -2.14. The van der Waals surface area contributed by atoms with Crippen LogP contribution in [0.4, 0.5) is 5.69 Å². The van der Waals surface area contributed by atoms with E-state index in [0.29, 0.717) is 13.0 Å². The largest absolute Gasteiger partial charge is 0.284 e. The first-order chi connectivity index (χ1) is 8.43. The highest BCUT2D eigenvalue weighted by atomic mass is 35.5. The van der Waals surface area contributed by atoms with Crippen molar-refractivity contribution in [2.45, 2.75) is 11.3 Å². The van der Waals surface area contributed by atoms with Crippen LogP contribution < -0.4 is 0 Å². The summed E-state index contributed by atoms with van der Waals surface area (Å²) in [5.41, 5.74) is -0.263. The van der Waals surface area contributed by atoms with Crippen molar-refractivity contribution in [1.29, 1.82) is 0 Å². The van der Waals surface area contributed by atoms with E-state index in [9.17, 15) is 18.5 Å². The first kappa shape index (κ1) is 13.2. The van der Waals surface area contributed by atoms with Crippen molar-refractivity contribution in [1.82, 2.24) is 4.47 Å². The first-order valence-corrected chi connectivity index (χ1v) is 6.84. The molecular formula is C9H9ClN2O5S. The maximum absolute atomic E-state index is 12.1. The van der Waals surface area contributed by atoms with Gasteiger partial charge in [0.05, 0.1) is 16.6 Å². The van der Waals surface area contributed by atoms with Crippen LogP contribution in [0.1, 0.15) is 6.42 Å². The fourth-order valence-corrected chi connectivity index (χ4v) is 3.35. The van der Waals surface area contributed by atoms with Gasteiger partial charge in [-0.1, -0.05) is 16.1 Å². The summed E-state index contributed by atoms with van der Waals surface area (Å²) in [4.78, 5) is 14.6. The molecule has 1 aliphatic rings. The molecule has 1 aliphatic heterocycles. The standard InChI is InChI=1S/C9H9ClN2O5S/c10-8-6-7(12(13)14)2-3-9(8)18(15,16)11-4-1-5-17-11/h2-3,6H,1,4-5H2. The fraction of sp³-hybridized carbons (Fsp3) is 0.333. The number of halogens is 1. The van der Waals surface area contributed by atoms with Crippen LogP contribution in [0, 0.1) is 10.1 Å². The smallest absolute Gasteiger partial charge is 0.271 e. The molecule has 1 fully saturated rings. The topological polar surface area (TPSA) is 89.8 Å². The maximum Gasteiger partial charge on any atom is 0.271 e. The van der Waals surface area contributed by atoms with Crippen LogP contribution in [0.3, 0.4) is 0 Å². The summed E-state index contributed by atoms with van der Waals surface area (Å²) in [5.74, 6) is 0. The van der Waals surface area contributed by atoms with Crippen molar-refractivity contribution >= 4 is 27.3 Å². The molecule has 1 aromatic rings. The zero-order chi connectivity index (χ0) is 13.3. The highest BCUT2D eigenvalue weighted by Crippen LogP contribution is 2.29. The molecule has 0 atom stereocenters. The molecule has 98 valence electrons. The van der Waals surface area contributed by atoms with Crippen LogP contribution in [0.5, 0.6) is 0 Å². The number of hydrogen-bond donors (Lipinski definition) is 0. The van der Waals surface area contributed by atoms with Gasteiger partial charge < -0.3 is 0 Å². The highest BCUT2D eigenvalue weighted by Gasteiger charge is 2.31. The molecule has 0 N–H and O–H groups in total. The molecule has 2 rings (SSSR count). The van der Waals surface area contributed by atoms with Crippen LogP contribution in [-0.4, -0.2) is 31.0 Å². The number of benzene rings is 1. The van der Waals surface area contributed by atoms with E-state index in [2.05, 4.69) is 0 Å². The molecule has 0 aliphatic carbocycles. The van der Waals surface area contributed by atoms with Gasteiger partial charge in [0.25, 0.3) is 15.7 Å².